The minimum atomic E-state index is -0.609. The summed E-state index contributed by atoms with van der Waals surface area (Å²) in [6.07, 6.45) is 0. The van der Waals surface area contributed by atoms with E-state index in [2.05, 4.69) is 15.6 Å². The number of anilines is 1. The second kappa shape index (κ2) is 9.13. The van der Waals surface area contributed by atoms with Gasteiger partial charge in [0, 0.05) is 0 Å². The smallest absolute Gasteiger partial charge is 0.350 e. The molecule has 2 amide bonds. The quantitative estimate of drug-likeness (QED) is 0.699. The molecule has 2 aromatic rings. The number of benzene rings is 1. The van der Waals surface area contributed by atoms with E-state index in [1.165, 1.54) is 18.4 Å². The van der Waals surface area contributed by atoms with Gasteiger partial charge in [0.15, 0.2) is 6.61 Å². The summed E-state index contributed by atoms with van der Waals surface area (Å²) in [5.74, 6) is -1.09. The second-order valence-corrected chi connectivity index (χ2v) is 6.96. The van der Waals surface area contributed by atoms with Crippen LogP contribution in [-0.4, -0.2) is 43.0 Å². The fourth-order valence-electron chi connectivity index (χ4n) is 2.26. The first-order valence-electron chi connectivity index (χ1n) is 8.12. The molecule has 0 spiro atoms. The van der Waals surface area contributed by atoms with E-state index in [9.17, 15) is 14.4 Å². The van der Waals surface area contributed by atoms with E-state index in [0.29, 0.717) is 22.0 Å². The van der Waals surface area contributed by atoms with Gasteiger partial charge in [-0.25, -0.2) is 9.78 Å². The van der Waals surface area contributed by atoms with E-state index >= 15 is 0 Å². The maximum atomic E-state index is 12.0. The number of esters is 1. The topological polar surface area (TPSA) is 107 Å². The van der Waals surface area contributed by atoms with E-state index in [4.69, 9.17) is 9.47 Å². The Morgan fingerprint density at radius 2 is 1.89 bits per heavy atom. The van der Waals surface area contributed by atoms with E-state index in [1.54, 1.807) is 26.0 Å². The highest BCUT2D eigenvalue weighted by Gasteiger charge is 2.17. The van der Waals surface area contributed by atoms with Crippen LogP contribution in [0.2, 0.25) is 0 Å². The second-order valence-electron chi connectivity index (χ2n) is 5.75. The number of nitrogens with one attached hydrogen (secondary N) is 2. The number of ether oxygens (including phenoxy) is 2. The summed E-state index contributed by atoms with van der Waals surface area (Å²) in [5.41, 5.74) is 2.03. The maximum absolute atomic E-state index is 12.0. The molecule has 1 aromatic heterocycles. The van der Waals surface area contributed by atoms with Gasteiger partial charge < -0.3 is 20.1 Å². The normalized spacial score (nSPS) is 10.2. The molecule has 8 nitrogen and oxygen atoms in total. The number of carbonyl (C=O) groups is 3. The zero-order chi connectivity index (χ0) is 20.0. The Morgan fingerprint density at radius 1 is 1.15 bits per heavy atom. The molecule has 9 heteroatoms. The van der Waals surface area contributed by atoms with Crippen LogP contribution in [0.15, 0.2) is 18.2 Å². The van der Waals surface area contributed by atoms with Crippen LogP contribution >= 0.6 is 11.3 Å². The number of aryl methyl sites for hydroxylation is 3. The van der Waals surface area contributed by atoms with Gasteiger partial charge in [0.1, 0.15) is 10.6 Å². The lowest BCUT2D eigenvalue weighted by Gasteiger charge is -2.11. The van der Waals surface area contributed by atoms with Gasteiger partial charge in [-0.3, -0.25) is 9.59 Å². The lowest BCUT2D eigenvalue weighted by molar-refractivity contribution is -0.126. The Labute approximate surface area is 160 Å². The Kier molecular flexibility index (Phi) is 6.89. The number of thiazole rings is 1. The predicted octanol–water partition coefficient (Wildman–Crippen LogP) is 1.99. The standard InChI is InChI=1S/C18H21N3O5S/c1-10-5-6-14(25-4)13(7-10)21-15(22)8-19-16(23)9-26-18(24)17-11(2)20-12(3)27-17/h5-7H,8-9H2,1-4H3,(H,19,23)(H,21,22). The van der Waals surface area contributed by atoms with Crippen LogP contribution in [0.25, 0.3) is 0 Å². The molecule has 0 saturated heterocycles. The van der Waals surface area contributed by atoms with Gasteiger partial charge in [-0.2, -0.15) is 0 Å². The number of amides is 2. The first-order chi connectivity index (χ1) is 12.8. The van der Waals surface area contributed by atoms with Gasteiger partial charge >= 0.3 is 5.97 Å². The summed E-state index contributed by atoms with van der Waals surface area (Å²) >= 11 is 1.20. The van der Waals surface area contributed by atoms with Gasteiger partial charge in [0.2, 0.25) is 5.91 Å². The monoisotopic (exact) mass is 391 g/mol. The first kappa shape index (κ1) is 20.4. The number of rotatable bonds is 7. The molecule has 1 aromatic carbocycles. The molecule has 2 rings (SSSR count). The van der Waals surface area contributed by atoms with Crippen molar-refractivity contribution in [2.75, 3.05) is 25.6 Å². The predicted molar refractivity (Wildman–Crippen MR) is 101 cm³/mol. The van der Waals surface area contributed by atoms with Gasteiger partial charge in [0.05, 0.1) is 30.0 Å². The summed E-state index contributed by atoms with van der Waals surface area (Å²) < 4.78 is 10.1. The average molecular weight is 391 g/mol. The number of hydrogen-bond donors (Lipinski definition) is 2. The number of methoxy groups -OCH3 is 1. The number of carbonyl (C=O) groups excluding carboxylic acids is 3. The SMILES string of the molecule is COc1ccc(C)cc1NC(=O)CNC(=O)COC(=O)c1sc(C)nc1C. The molecule has 0 aliphatic heterocycles. The van der Waals surface area contributed by atoms with Crippen molar-refractivity contribution >= 4 is 34.8 Å². The minimum absolute atomic E-state index is 0.258. The number of nitrogens with zero attached hydrogens (tertiary/aromatic N) is 1. The summed E-state index contributed by atoms with van der Waals surface area (Å²) in [5, 5.41) is 5.81. The van der Waals surface area contributed by atoms with Crippen LogP contribution < -0.4 is 15.4 Å². The van der Waals surface area contributed by atoms with Crippen molar-refractivity contribution in [3.8, 4) is 5.75 Å². The summed E-state index contributed by atoms with van der Waals surface area (Å²) in [4.78, 5) is 40.2. The molecule has 0 radical (unpaired) electrons. The van der Waals surface area contributed by atoms with Crippen LogP contribution in [0, 0.1) is 20.8 Å². The van der Waals surface area contributed by atoms with Crippen LogP contribution in [0.3, 0.4) is 0 Å². The Hall–Kier alpha value is -2.94. The third kappa shape index (κ3) is 5.78. The molecule has 1 heterocycles. The Morgan fingerprint density at radius 3 is 2.52 bits per heavy atom. The third-order valence-corrected chi connectivity index (χ3v) is 4.55. The summed E-state index contributed by atoms with van der Waals surface area (Å²) in [7, 11) is 1.50. The van der Waals surface area contributed by atoms with Crippen molar-refractivity contribution in [3.63, 3.8) is 0 Å². The lowest BCUT2D eigenvalue weighted by Crippen LogP contribution is -2.35. The molecule has 2 N–H and O–H groups in total. The van der Waals surface area contributed by atoms with Crippen LogP contribution in [0.1, 0.15) is 25.9 Å². The zero-order valence-corrected chi connectivity index (χ0v) is 16.4. The minimum Gasteiger partial charge on any atom is -0.495 e. The van der Waals surface area contributed by atoms with Crippen LogP contribution in [0.5, 0.6) is 5.75 Å². The Balaban J connectivity index is 1.80. The fourth-order valence-corrected chi connectivity index (χ4v) is 3.07. The highest BCUT2D eigenvalue weighted by molar-refractivity contribution is 7.13. The summed E-state index contributed by atoms with van der Waals surface area (Å²) in [6.45, 7) is 4.63. The molecule has 0 atom stereocenters. The van der Waals surface area contributed by atoms with Crippen molar-refractivity contribution in [1.29, 1.82) is 0 Å². The molecule has 0 aliphatic carbocycles. The fraction of sp³-hybridized carbons (Fsp3) is 0.333. The van der Waals surface area contributed by atoms with Crippen molar-refractivity contribution in [2.45, 2.75) is 20.8 Å². The van der Waals surface area contributed by atoms with Crippen LogP contribution in [-0.2, 0) is 14.3 Å². The number of hydrogen-bond acceptors (Lipinski definition) is 7. The maximum Gasteiger partial charge on any atom is 0.350 e. The summed E-state index contributed by atoms with van der Waals surface area (Å²) in [6, 6.07) is 5.36. The van der Waals surface area contributed by atoms with E-state index in [0.717, 1.165) is 10.6 Å². The molecule has 144 valence electrons. The van der Waals surface area contributed by atoms with Gasteiger partial charge in [0.25, 0.3) is 5.91 Å². The van der Waals surface area contributed by atoms with Gasteiger partial charge in [-0.1, -0.05) is 6.07 Å². The molecule has 0 aliphatic rings. The molecule has 0 fully saturated rings. The molecule has 0 bridgehead atoms. The average Bonchev–Trinajstić information content (AvgIpc) is 2.96. The third-order valence-electron chi connectivity index (χ3n) is 3.50. The molecular formula is C18H21N3O5S. The highest BCUT2D eigenvalue weighted by Crippen LogP contribution is 2.24. The highest BCUT2D eigenvalue weighted by atomic mass is 32.1. The molecule has 0 saturated carbocycles. The lowest BCUT2D eigenvalue weighted by atomic mass is 10.2. The molecular weight excluding hydrogens is 370 g/mol. The zero-order valence-electron chi connectivity index (χ0n) is 15.5. The van der Waals surface area contributed by atoms with Gasteiger partial charge in [-0.15, -0.1) is 11.3 Å². The van der Waals surface area contributed by atoms with Crippen molar-refractivity contribution in [3.05, 3.63) is 39.3 Å². The van der Waals surface area contributed by atoms with Crippen molar-refractivity contribution < 1.29 is 23.9 Å². The van der Waals surface area contributed by atoms with Crippen LogP contribution in [0.4, 0.5) is 5.69 Å². The van der Waals surface area contributed by atoms with E-state index in [1.807, 2.05) is 13.0 Å². The van der Waals surface area contributed by atoms with Gasteiger partial charge in [-0.05, 0) is 38.5 Å². The largest absolute Gasteiger partial charge is 0.495 e. The van der Waals surface area contributed by atoms with E-state index in [-0.39, 0.29) is 6.54 Å². The molecule has 27 heavy (non-hydrogen) atoms. The Bertz CT molecular complexity index is 863. The first-order valence-corrected chi connectivity index (χ1v) is 8.94. The van der Waals surface area contributed by atoms with E-state index < -0.39 is 24.4 Å². The van der Waals surface area contributed by atoms with Crippen molar-refractivity contribution in [2.24, 2.45) is 0 Å². The molecule has 0 unspecified atom stereocenters. The van der Waals surface area contributed by atoms with Crippen molar-refractivity contribution in [1.82, 2.24) is 10.3 Å². The number of aromatic nitrogens is 1.